The molecule has 6 heteroatoms. The van der Waals surface area contributed by atoms with Crippen molar-refractivity contribution >= 4 is 11.9 Å². The van der Waals surface area contributed by atoms with Gasteiger partial charge in [-0.05, 0) is 39.8 Å². The summed E-state index contributed by atoms with van der Waals surface area (Å²) >= 11 is 0. The summed E-state index contributed by atoms with van der Waals surface area (Å²) in [6.45, 7) is 9.24. The molecule has 122 valence electrons. The fourth-order valence-electron chi connectivity index (χ4n) is 3.26. The Labute approximate surface area is 130 Å². The van der Waals surface area contributed by atoms with Crippen molar-refractivity contribution in [3.63, 3.8) is 0 Å². The van der Waals surface area contributed by atoms with Gasteiger partial charge < -0.3 is 14.0 Å². The lowest BCUT2D eigenvalue weighted by Crippen LogP contribution is -2.62. The maximum absolute atomic E-state index is 12.2. The molecule has 1 aliphatic rings. The van der Waals surface area contributed by atoms with Gasteiger partial charge in [0.15, 0.2) is 0 Å². The van der Waals surface area contributed by atoms with Gasteiger partial charge in [-0.3, -0.25) is 4.79 Å². The van der Waals surface area contributed by atoms with Gasteiger partial charge in [0.1, 0.15) is 6.10 Å². The van der Waals surface area contributed by atoms with E-state index in [2.05, 4.69) is 0 Å². The fourth-order valence-corrected chi connectivity index (χ4v) is 3.26. The van der Waals surface area contributed by atoms with Crippen LogP contribution in [0.25, 0.3) is 0 Å². The van der Waals surface area contributed by atoms with Crippen molar-refractivity contribution in [1.29, 1.82) is 0 Å². The SMILES string of the molecule is CC(=O)OC1CC(C)(C)N(OC(=O)c2ccco2)C(C)(C)C1. The van der Waals surface area contributed by atoms with Crippen LogP contribution in [0.15, 0.2) is 22.8 Å². The number of furan rings is 1. The van der Waals surface area contributed by atoms with Crippen LogP contribution in [-0.2, 0) is 14.4 Å². The van der Waals surface area contributed by atoms with Crippen LogP contribution < -0.4 is 0 Å². The van der Waals surface area contributed by atoms with Crippen LogP contribution in [0.2, 0.25) is 0 Å². The first-order chi connectivity index (χ1) is 10.1. The number of carbonyl (C=O) groups excluding carboxylic acids is 2. The molecule has 1 aliphatic heterocycles. The Morgan fingerprint density at radius 1 is 1.23 bits per heavy atom. The Morgan fingerprint density at radius 3 is 2.27 bits per heavy atom. The molecule has 1 aromatic rings. The number of piperidine rings is 1. The monoisotopic (exact) mass is 309 g/mol. The highest BCUT2D eigenvalue weighted by molar-refractivity contribution is 5.86. The van der Waals surface area contributed by atoms with Crippen molar-refractivity contribution in [3.8, 4) is 0 Å². The van der Waals surface area contributed by atoms with Crippen LogP contribution in [-0.4, -0.2) is 34.2 Å². The zero-order valence-electron chi connectivity index (χ0n) is 13.7. The summed E-state index contributed by atoms with van der Waals surface area (Å²) in [6.07, 6.45) is 2.41. The highest BCUT2D eigenvalue weighted by atomic mass is 16.7. The molecule has 2 heterocycles. The molecule has 0 bridgehead atoms. The van der Waals surface area contributed by atoms with E-state index < -0.39 is 17.0 Å². The molecule has 0 saturated carbocycles. The second-order valence-corrected chi connectivity index (χ2v) is 6.91. The second kappa shape index (κ2) is 5.76. The molecule has 2 rings (SSSR count). The Bertz CT molecular complexity index is 529. The minimum absolute atomic E-state index is 0.161. The summed E-state index contributed by atoms with van der Waals surface area (Å²) in [7, 11) is 0. The van der Waals surface area contributed by atoms with E-state index in [0.717, 1.165) is 0 Å². The van der Waals surface area contributed by atoms with Gasteiger partial charge in [0.2, 0.25) is 5.76 Å². The summed E-state index contributed by atoms with van der Waals surface area (Å²) < 4.78 is 10.4. The third-order valence-electron chi connectivity index (χ3n) is 3.78. The number of nitrogens with zero attached hydrogens (tertiary/aromatic N) is 1. The van der Waals surface area contributed by atoms with Crippen LogP contribution in [0.1, 0.15) is 58.0 Å². The van der Waals surface area contributed by atoms with Gasteiger partial charge in [-0.25, -0.2) is 4.79 Å². The third-order valence-corrected chi connectivity index (χ3v) is 3.78. The smallest absolute Gasteiger partial charge is 0.393 e. The summed E-state index contributed by atoms with van der Waals surface area (Å²) in [5.74, 6) is -0.663. The summed E-state index contributed by atoms with van der Waals surface area (Å²) in [5, 5.41) is 1.69. The van der Waals surface area contributed by atoms with Crippen molar-refractivity contribution < 1.29 is 23.6 Å². The number of carbonyl (C=O) groups is 2. The molecule has 6 nitrogen and oxygen atoms in total. The normalized spacial score (nSPS) is 21.3. The van der Waals surface area contributed by atoms with E-state index >= 15 is 0 Å². The third kappa shape index (κ3) is 3.50. The van der Waals surface area contributed by atoms with E-state index in [-0.39, 0.29) is 17.8 Å². The van der Waals surface area contributed by atoms with Crippen molar-refractivity contribution in [2.75, 3.05) is 0 Å². The van der Waals surface area contributed by atoms with Crippen molar-refractivity contribution in [2.45, 2.75) is 64.6 Å². The number of hydrogen-bond acceptors (Lipinski definition) is 6. The quantitative estimate of drug-likeness (QED) is 0.800. The molecule has 0 unspecified atom stereocenters. The zero-order valence-corrected chi connectivity index (χ0v) is 13.7. The molecule has 22 heavy (non-hydrogen) atoms. The van der Waals surface area contributed by atoms with E-state index in [4.69, 9.17) is 14.0 Å². The van der Waals surface area contributed by atoms with Crippen molar-refractivity contribution in [1.82, 2.24) is 5.06 Å². The van der Waals surface area contributed by atoms with Gasteiger partial charge in [-0.2, -0.15) is 0 Å². The summed E-state index contributed by atoms with van der Waals surface area (Å²) in [4.78, 5) is 29.0. The van der Waals surface area contributed by atoms with E-state index in [1.165, 1.54) is 13.2 Å². The van der Waals surface area contributed by atoms with Crippen molar-refractivity contribution in [3.05, 3.63) is 24.2 Å². The van der Waals surface area contributed by atoms with E-state index in [9.17, 15) is 9.59 Å². The molecule has 0 N–H and O–H groups in total. The molecular formula is C16H23NO5. The van der Waals surface area contributed by atoms with Crippen LogP contribution >= 0.6 is 0 Å². The highest BCUT2D eigenvalue weighted by Gasteiger charge is 2.49. The average molecular weight is 309 g/mol. The van der Waals surface area contributed by atoms with Gasteiger partial charge in [0.25, 0.3) is 0 Å². The standard InChI is InChI=1S/C16H23NO5/c1-11(18)21-12-9-15(2,3)17(16(4,5)10-12)22-14(19)13-7-6-8-20-13/h6-8,12H,9-10H2,1-5H3. The van der Waals surface area contributed by atoms with Gasteiger partial charge in [0.05, 0.1) is 17.3 Å². The topological polar surface area (TPSA) is 69.0 Å². The number of hydrogen-bond donors (Lipinski definition) is 0. The molecular weight excluding hydrogens is 286 g/mol. The Kier molecular flexibility index (Phi) is 4.33. The predicted molar refractivity (Wildman–Crippen MR) is 78.9 cm³/mol. The molecule has 0 atom stereocenters. The molecule has 0 aromatic carbocycles. The Morgan fingerprint density at radius 2 is 1.82 bits per heavy atom. The molecule has 1 aromatic heterocycles. The first-order valence-corrected chi connectivity index (χ1v) is 7.35. The predicted octanol–water partition coefficient (Wildman–Crippen LogP) is 2.94. The summed E-state index contributed by atoms with van der Waals surface area (Å²) in [5.41, 5.74) is -0.936. The first-order valence-electron chi connectivity index (χ1n) is 7.35. The maximum Gasteiger partial charge on any atom is 0.393 e. The largest absolute Gasteiger partial charge is 0.462 e. The molecule has 0 amide bonds. The van der Waals surface area contributed by atoms with Gasteiger partial charge in [-0.1, -0.05) is 0 Å². The van der Waals surface area contributed by atoms with E-state index in [1.54, 1.807) is 17.2 Å². The minimum Gasteiger partial charge on any atom is -0.462 e. The van der Waals surface area contributed by atoms with Gasteiger partial charge in [-0.15, -0.1) is 5.06 Å². The lowest BCUT2D eigenvalue weighted by molar-refractivity contribution is -0.258. The van der Waals surface area contributed by atoms with Crippen molar-refractivity contribution in [2.24, 2.45) is 0 Å². The van der Waals surface area contributed by atoms with Crippen LogP contribution in [0.3, 0.4) is 0 Å². The minimum atomic E-state index is -0.530. The van der Waals surface area contributed by atoms with Crippen LogP contribution in [0.4, 0.5) is 0 Å². The highest BCUT2D eigenvalue weighted by Crippen LogP contribution is 2.40. The van der Waals surface area contributed by atoms with Crippen LogP contribution in [0, 0.1) is 0 Å². The number of hydroxylamine groups is 2. The Hall–Kier alpha value is -1.82. The number of rotatable bonds is 3. The number of esters is 1. The molecule has 1 fully saturated rings. The average Bonchev–Trinajstić information content (AvgIpc) is 2.85. The number of ether oxygens (including phenoxy) is 1. The van der Waals surface area contributed by atoms with E-state index in [0.29, 0.717) is 12.8 Å². The summed E-state index contributed by atoms with van der Waals surface area (Å²) in [6, 6.07) is 3.20. The first kappa shape index (κ1) is 16.5. The second-order valence-electron chi connectivity index (χ2n) is 6.91. The molecule has 1 saturated heterocycles. The van der Waals surface area contributed by atoms with Gasteiger partial charge >= 0.3 is 11.9 Å². The fraction of sp³-hybridized carbons (Fsp3) is 0.625. The van der Waals surface area contributed by atoms with Crippen LogP contribution in [0.5, 0.6) is 0 Å². The Balaban J connectivity index is 2.16. The lowest BCUT2D eigenvalue weighted by atomic mass is 9.80. The van der Waals surface area contributed by atoms with E-state index in [1.807, 2.05) is 27.7 Å². The zero-order chi connectivity index (χ0) is 16.5. The molecule has 0 spiro atoms. The maximum atomic E-state index is 12.2. The van der Waals surface area contributed by atoms with Gasteiger partial charge in [0, 0.05) is 19.8 Å². The molecule has 0 aliphatic carbocycles. The molecule has 0 radical (unpaired) electrons. The lowest BCUT2D eigenvalue weighted by Gasteiger charge is -2.52.